The highest BCUT2D eigenvalue weighted by Gasteiger charge is 2.24. The third-order valence-electron chi connectivity index (χ3n) is 2.81. The van der Waals surface area contributed by atoms with Crippen LogP contribution in [0, 0.1) is 0 Å². The Morgan fingerprint density at radius 3 is 2.11 bits per heavy atom. The summed E-state index contributed by atoms with van der Waals surface area (Å²) in [7, 11) is 0. The predicted molar refractivity (Wildman–Crippen MR) is 72.2 cm³/mol. The fraction of sp³-hybridized carbons (Fsp3) is 0.923. The molecule has 1 atom stereocenters. The monoisotopic (exact) mass is 260 g/mol. The van der Waals surface area contributed by atoms with Gasteiger partial charge in [0.2, 0.25) is 5.91 Å². The number of amides is 1. The van der Waals surface area contributed by atoms with Gasteiger partial charge in [0, 0.05) is 13.2 Å². The van der Waals surface area contributed by atoms with Crippen LogP contribution in [0.25, 0.3) is 0 Å². The van der Waals surface area contributed by atoms with Crippen LogP contribution in [0.3, 0.4) is 0 Å². The molecule has 0 rings (SSSR count). The minimum absolute atomic E-state index is 0.451. The highest BCUT2D eigenvalue weighted by molar-refractivity contribution is 5.83. The van der Waals surface area contributed by atoms with Crippen LogP contribution in [0.4, 0.5) is 0 Å². The SMILES string of the molecule is CCCCOCCOCCCCC(C)(N)C(N)=O. The lowest BCUT2D eigenvalue weighted by atomic mass is 9.96. The molecule has 0 saturated heterocycles. The Balaban J connectivity index is 3.24. The number of hydrogen-bond donors (Lipinski definition) is 2. The first-order valence-electron chi connectivity index (χ1n) is 6.75. The van der Waals surface area contributed by atoms with E-state index in [0.29, 0.717) is 26.2 Å². The molecule has 108 valence electrons. The minimum atomic E-state index is -0.900. The Bertz CT molecular complexity index is 220. The van der Waals surface area contributed by atoms with E-state index in [0.717, 1.165) is 32.3 Å². The quantitative estimate of drug-likeness (QED) is 0.516. The summed E-state index contributed by atoms with van der Waals surface area (Å²) in [4.78, 5) is 11.0. The van der Waals surface area contributed by atoms with Gasteiger partial charge in [-0.1, -0.05) is 13.3 Å². The summed E-state index contributed by atoms with van der Waals surface area (Å²) in [5.41, 5.74) is 10.0. The first-order valence-corrected chi connectivity index (χ1v) is 6.75. The van der Waals surface area contributed by atoms with Gasteiger partial charge in [0.15, 0.2) is 0 Å². The van der Waals surface area contributed by atoms with Crippen molar-refractivity contribution in [1.29, 1.82) is 0 Å². The first kappa shape index (κ1) is 17.4. The molecular formula is C13H28N2O3. The molecule has 0 bridgehead atoms. The van der Waals surface area contributed by atoms with Crippen molar-refractivity contribution >= 4 is 5.91 Å². The number of carbonyl (C=O) groups is 1. The van der Waals surface area contributed by atoms with Gasteiger partial charge in [-0.05, 0) is 32.6 Å². The fourth-order valence-corrected chi connectivity index (χ4v) is 1.39. The molecule has 0 heterocycles. The number of ether oxygens (including phenoxy) is 2. The molecule has 0 spiro atoms. The van der Waals surface area contributed by atoms with Gasteiger partial charge in [-0.25, -0.2) is 0 Å². The van der Waals surface area contributed by atoms with E-state index >= 15 is 0 Å². The van der Waals surface area contributed by atoms with E-state index in [4.69, 9.17) is 20.9 Å². The third-order valence-corrected chi connectivity index (χ3v) is 2.81. The van der Waals surface area contributed by atoms with Crippen molar-refractivity contribution in [2.75, 3.05) is 26.4 Å². The molecule has 0 aromatic heterocycles. The maximum Gasteiger partial charge on any atom is 0.237 e. The average Bonchev–Trinajstić information content (AvgIpc) is 2.31. The van der Waals surface area contributed by atoms with E-state index in [9.17, 15) is 4.79 Å². The Hall–Kier alpha value is -0.650. The van der Waals surface area contributed by atoms with Gasteiger partial charge in [0.25, 0.3) is 0 Å². The zero-order chi connectivity index (χ0) is 13.9. The normalized spacial score (nSPS) is 14.4. The Morgan fingerprint density at radius 1 is 1.06 bits per heavy atom. The van der Waals surface area contributed by atoms with E-state index in [1.807, 2.05) is 0 Å². The third kappa shape index (κ3) is 9.39. The summed E-state index contributed by atoms with van der Waals surface area (Å²) < 4.78 is 10.8. The van der Waals surface area contributed by atoms with Crippen LogP contribution in [0.2, 0.25) is 0 Å². The van der Waals surface area contributed by atoms with Crippen LogP contribution in [-0.4, -0.2) is 37.9 Å². The van der Waals surface area contributed by atoms with Crippen LogP contribution >= 0.6 is 0 Å². The van der Waals surface area contributed by atoms with Crippen LogP contribution < -0.4 is 11.5 Å². The number of hydrogen-bond acceptors (Lipinski definition) is 4. The first-order chi connectivity index (χ1) is 8.50. The molecule has 0 fully saturated rings. The van der Waals surface area contributed by atoms with E-state index in [2.05, 4.69) is 6.92 Å². The van der Waals surface area contributed by atoms with Crippen LogP contribution in [0.1, 0.15) is 46.0 Å². The second kappa shape index (κ2) is 10.3. The largest absolute Gasteiger partial charge is 0.379 e. The lowest BCUT2D eigenvalue weighted by Gasteiger charge is -2.19. The van der Waals surface area contributed by atoms with E-state index in [-0.39, 0.29) is 0 Å². The van der Waals surface area contributed by atoms with Crippen molar-refractivity contribution in [3.05, 3.63) is 0 Å². The van der Waals surface area contributed by atoms with Gasteiger partial charge in [-0.15, -0.1) is 0 Å². The molecule has 0 saturated carbocycles. The molecule has 0 radical (unpaired) electrons. The molecule has 0 aliphatic rings. The molecular weight excluding hydrogens is 232 g/mol. The van der Waals surface area contributed by atoms with E-state index in [1.165, 1.54) is 0 Å². The Labute approximate surface area is 110 Å². The van der Waals surface area contributed by atoms with Gasteiger partial charge >= 0.3 is 0 Å². The lowest BCUT2D eigenvalue weighted by Crippen LogP contribution is -2.49. The summed E-state index contributed by atoms with van der Waals surface area (Å²) >= 11 is 0. The lowest BCUT2D eigenvalue weighted by molar-refractivity contribution is -0.122. The van der Waals surface area contributed by atoms with Gasteiger partial charge in [0.05, 0.1) is 18.8 Å². The molecule has 0 aliphatic carbocycles. The van der Waals surface area contributed by atoms with Crippen molar-refractivity contribution < 1.29 is 14.3 Å². The van der Waals surface area contributed by atoms with Gasteiger partial charge < -0.3 is 20.9 Å². The summed E-state index contributed by atoms with van der Waals surface area (Å²) in [6.07, 6.45) is 4.57. The second-order valence-electron chi connectivity index (χ2n) is 4.82. The summed E-state index contributed by atoms with van der Waals surface area (Å²) in [6.45, 7) is 6.56. The maximum absolute atomic E-state index is 11.0. The zero-order valence-corrected chi connectivity index (χ0v) is 11.7. The molecule has 18 heavy (non-hydrogen) atoms. The van der Waals surface area contributed by atoms with Gasteiger partial charge in [-0.2, -0.15) is 0 Å². The molecule has 1 amide bonds. The second-order valence-corrected chi connectivity index (χ2v) is 4.82. The van der Waals surface area contributed by atoms with Crippen LogP contribution in [0.5, 0.6) is 0 Å². The molecule has 1 unspecified atom stereocenters. The molecule has 5 heteroatoms. The van der Waals surface area contributed by atoms with Crippen molar-refractivity contribution in [3.8, 4) is 0 Å². The molecule has 4 N–H and O–H groups in total. The zero-order valence-electron chi connectivity index (χ0n) is 11.7. The Morgan fingerprint density at radius 2 is 1.61 bits per heavy atom. The average molecular weight is 260 g/mol. The van der Waals surface area contributed by atoms with Crippen LogP contribution in [0.15, 0.2) is 0 Å². The summed E-state index contributed by atoms with van der Waals surface area (Å²) in [5.74, 6) is -0.451. The van der Waals surface area contributed by atoms with Crippen molar-refractivity contribution in [3.63, 3.8) is 0 Å². The van der Waals surface area contributed by atoms with E-state index in [1.54, 1.807) is 6.92 Å². The van der Waals surface area contributed by atoms with Crippen molar-refractivity contribution in [2.45, 2.75) is 51.5 Å². The van der Waals surface area contributed by atoms with Gasteiger partial charge in [0.1, 0.15) is 0 Å². The summed E-state index contributed by atoms with van der Waals surface area (Å²) in [5, 5.41) is 0. The maximum atomic E-state index is 11.0. The number of nitrogens with two attached hydrogens (primary N) is 2. The standard InChI is InChI=1S/C13H28N2O3/c1-3-4-8-17-10-11-18-9-6-5-7-13(2,15)12(14)16/h3-11,15H2,1-2H3,(H2,14,16). The van der Waals surface area contributed by atoms with E-state index < -0.39 is 11.4 Å². The Kier molecular flexibility index (Phi) is 9.92. The topological polar surface area (TPSA) is 87.6 Å². The van der Waals surface area contributed by atoms with Gasteiger partial charge in [-0.3, -0.25) is 4.79 Å². The highest BCUT2D eigenvalue weighted by atomic mass is 16.5. The molecule has 0 aromatic rings. The van der Waals surface area contributed by atoms with Crippen LogP contribution in [-0.2, 0) is 14.3 Å². The number of rotatable bonds is 12. The van der Waals surface area contributed by atoms with Crippen molar-refractivity contribution in [2.24, 2.45) is 11.5 Å². The smallest absolute Gasteiger partial charge is 0.237 e. The number of primary amides is 1. The molecule has 0 aliphatic heterocycles. The molecule has 0 aromatic carbocycles. The highest BCUT2D eigenvalue weighted by Crippen LogP contribution is 2.09. The van der Waals surface area contributed by atoms with Crippen molar-refractivity contribution in [1.82, 2.24) is 0 Å². The predicted octanol–water partition coefficient (Wildman–Crippen LogP) is 1.19. The number of unbranched alkanes of at least 4 members (excludes halogenated alkanes) is 2. The summed E-state index contributed by atoms with van der Waals surface area (Å²) in [6, 6.07) is 0. The number of carbonyl (C=O) groups excluding carboxylic acids is 1. The molecule has 5 nitrogen and oxygen atoms in total. The fourth-order valence-electron chi connectivity index (χ4n) is 1.39. The minimum Gasteiger partial charge on any atom is -0.379 e.